The Kier molecular flexibility index (Phi) is 8.75. The van der Waals surface area contributed by atoms with Gasteiger partial charge in [0.15, 0.2) is 0 Å². The van der Waals surface area contributed by atoms with Gasteiger partial charge in [0.1, 0.15) is 6.23 Å². The van der Waals surface area contributed by atoms with Crippen molar-refractivity contribution in [2.24, 2.45) is 0 Å². The Bertz CT molecular complexity index is 875. The van der Waals surface area contributed by atoms with E-state index in [-0.39, 0.29) is 18.5 Å². The Hall–Kier alpha value is -1.88. The molecule has 3 N–H and O–H groups in total. The zero-order valence-electron chi connectivity index (χ0n) is 19.2. The molecule has 1 aliphatic rings. The number of thiazole rings is 1. The number of aromatic nitrogens is 1. The fourth-order valence-electron chi connectivity index (χ4n) is 3.99. The molecule has 9 heteroatoms. The van der Waals surface area contributed by atoms with Crippen LogP contribution in [0.5, 0.6) is 0 Å². The smallest absolute Gasteiger partial charge is 0.237 e. The quantitative estimate of drug-likeness (QED) is 0.492. The molecule has 32 heavy (non-hydrogen) atoms. The standard InChI is InChI=1S/C23H34N4O4S/c1-15-21(32-14-25-15)18-7-5-17(6-8-18)12-24-22(29)20-11-19(28)13-27(20)23(30)16(2)26(3)9-10-31-4/h5-8,14,16,19-20,23,28,30H,9-13H2,1-4H3,(H,24,29)/t16-,19+,20-,23?/m0/s1. The summed E-state index contributed by atoms with van der Waals surface area (Å²) < 4.78 is 5.11. The number of amides is 1. The normalized spacial score (nSPS) is 21.1. The molecule has 0 saturated carbocycles. The van der Waals surface area contributed by atoms with Crippen LogP contribution in [-0.2, 0) is 16.1 Å². The highest BCUT2D eigenvalue weighted by Crippen LogP contribution is 2.27. The number of carbonyl (C=O) groups excluding carboxylic acids is 1. The molecule has 3 rings (SSSR count). The van der Waals surface area contributed by atoms with Gasteiger partial charge in [-0.1, -0.05) is 24.3 Å². The topological polar surface area (TPSA) is 98.2 Å². The summed E-state index contributed by atoms with van der Waals surface area (Å²) in [7, 11) is 3.55. The first-order chi connectivity index (χ1) is 15.3. The van der Waals surface area contributed by atoms with Crippen LogP contribution in [0.4, 0.5) is 0 Å². The molecule has 0 aliphatic carbocycles. The molecule has 1 aliphatic heterocycles. The van der Waals surface area contributed by atoms with Crippen molar-refractivity contribution in [3.63, 3.8) is 0 Å². The van der Waals surface area contributed by atoms with E-state index in [1.807, 2.05) is 55.6 Å². The summed E-state index contributed by atoms with van der Waals surface area (Å²) in [6.07, 6.45) is -1.20. The minimum absolute atomic E-state index is 0.185. The van der Waals surface area contributed by atoms with E-state index in [1.165, 1.54) is 0 Å². The average molecular weight is 463 g/mol. The maximum atomic E-state index is 12.9. The lowest BCUT2D eigenvalue weighted by Gasteiger charge is -2.36. The molecule has 0 radical (unpaired) electrons. The largest absolute Gasteiger partial charge is 0.392 e. The highest BCUT2D eigenvalue weighted by molar-refractivity contribution is 7.13. The number of hydrogen-bond donors (Lipinski definition) is 3. The van der Waals surface area contributed by atoms with Crippen LogP contribution in [0.1, 0.15) is 24.6 Å². The van der Waals surface area contributed by atoms with E-state index < -0.39 is 18.4 Å². The van der Waals surface area contributed by atoms with Gasteiger partial charge in [-0.15, -0.1) is 11.3 Å². The number of ether oxygens (including phenoxy) is 1. The third kappa shape index (κ3) is 5.92. The first-order valence-electron chi connectivity index (χ1n) is 10.9. The number of β-amino-alcohol motifs (C(OH)–C–C–N with tert-alkyl or cyclic N) is 1. The molecule has 4 atom stereocenters. The van der Waals surface area contributed by atoms with Crippen molar-refractivity contribution in [2.45, 2.75) is 51.2 Å². The zero-order chi connectivity index (χ0) is 23.3. The van der Waals surface area contributed by atoms with Crippen molar-refractivity contribution in [3.05, 3.63) is 41.0 Å². The lowest BCUT2D eigenvalue weighted by Crippen LogP contribution is -2.55. The van der Waals surface area contributed by atoms with Crippen LogP contribution in [0, 0.1) is 6.92 Å². The maximum absolute atomic E-state index is 12.9. The number of rotatable bonds is 10. The monoisotopic (exact) mass is 462 g/mol. The molecular weight excluding hydrogens is 428 g/mol. The number of carbonyl (C=O) groups is 1. The molecule has 2 aromatic rings. The van der Waals surface area contributed by atoms with Gasteiger partial charge >= 0.3 is 0 Å². The van der Waals surface area contributed by atoms with E-state index in [2.05, 4.69) is 10.3 Å². The Morgan fingerprint density at radius 2 is 2.12 bits per heavy atom. The highest BCUT2D eigenvalue weighted by Gasteiger charge is 2.41. The molecule has 176 valence electrons. The van der Waals surface area contributed by atoms with Gasteiger partial charge in [-0.3, -0.25) is 14.6 Å². The average Bonchev–Trinajstić information content (AvgIpc) is 3.40. The van der Waals surface area contributed by atoms with E-state index in [0.717, 1.165) is 21.7 Å². The summed E-state index contributed by atoms with van der Waals surface area (Å²) >= 11 is 1.61. The summed E-state index contributed by atoms with van der Waals surface area (Å²) in [4.78, 5) is 22.0. The van der Waals surface area contributed by atoms with Gasteiger partial charge in [-0.25, -0.2) is 4.98 Å². The molecule has 1 amide bonds. The number of benzene rings is 1. The van der Waals surface area contributed by atoms with E-state index in [4.69, 9.17) is 4.74 Å². The fraction of sp³-hybridized carbons (Fsp3) is 0.565. The van der Waals surface area contributed by atoms with E-state index in [0.29, 0.717) is 26.1 Å². The first-order valence-corrected chi connectivity index (χ1v) is 11.8. The maximum Gasteiger partial charge on any atom is 0.237 e. The lowest BCUT2D eigenvalue weighted by atomic mass is 10.1. The lowest BCUT2D eigenvalue weighted by molar-refractivity contribution is -0.132. The molecule has 1 aromatic carbocycles. The molecule has 1 unspecified atom stereocenters. The molecule has 0 spiro atoms. The summed E-state index contributed by atoms with van der Waals surface area (Å²) in [5, 5.41) is 24.1. The minimum atomic E-state index is -0.869. The van der Waals surface area contributed by atoms with E-state index in [9.17, 15) is 15.0 Å². The number of likely N-dealkylation sites (N-methyl/N-ethyl adjacent to an activating group) is 1. The Labute approximate surface area is 193 Å². The van der Waals surface area contributed by atoms with Gasteiger partial charge in [0, 0.05) is 32.8 Å². The van der Waals surface area contributed by atoms with Crippen LogP contribution in [0.3, 0.4) is 0 Å². The number of methoxy groups -OCH3 is 1. The molecule has 8 nitrogen and oxygen atoms in total. The van der Waals surface area contributed by atoms with Crippen molar-refractivity contribution in [1.82, 2.24) is 20.1 Å². The molecule has 1 fully saturated rings. The second-order valence-corrected chi connectivity index (χ2v) is 9.27. The number of aryl methyl sites for hydroxylation is 1. The SMILES string of the molecule is COCCN(C)[C@@H](C)C(O)N1C[C@H](O)C[C@H]1C(=O)NCc1ccc(-c2scnc2C)cc1. The van der Waals surface area contributed by atoms with Gasteiger partial charge in [0.2, 0.25) is 5.91 Å². The second kappa shape index (κ2) is 11.3. The molecule has 0 bridgehead atoms. The number of nitrogens with one attached hydrogen (secondary N) is 1. The first kappa shape index (κ1) is 24.8. The molecular formula is C23H34N4O4S. The van der Waals surface area contributed by atoms with Gasteiger partial charge < -0.3 is 20.3 Å². The summed E-state index contributed by atoms with van der Waals surface area (Å²) in [5.74, 6) is -0.185. The highest BCUT2D eigenvalue weighted by atomic mass is 32.1. The number of likely N-dealkylation sites (tertiary alicyclic amines) is 1. The van der Waals surface area contributed by atoms with Crippen molar-refractivity contribution < 1.29 is 19.7 Å². The third-order valence-corrected chi connectivity index (χ3v) is 7.14. The minimum Gasteiger partial charge on any atom is -0.392 e. The zero-order valence-corrected chi connectivity index (χ0v) is 20.0. The van der Waals surface area contributed by atoms with Crippen LogP contribution >= 0.6 is 11.3 Å². The Morgan fingerprint density at radius 3 is 2.75 bits per heavy atom. The molecule has 1 saturated heterocycles. The van der Waals surface area contributed by atoms with Gasteiger partial charge in [0.05, 0.1) is 34.8 Å². The van der Waals surface area contributed by atoms with Crippen molar-refractivity contribution >= 4 is 17.2 Å². The van der Waals surface area contributed by atoms with E-state index >= 15 is 0 Å². The van der Waals surface area contributed by atoms with Gasteiger partial charge in [-0.05, 0) is 38.4 Å². The van der Waals surface area contributed by atoms with Crippen molar-refractivity contribution in [3.8, 4) is 10.4 Å². The van der Waals surface area contributed by atoms with E-state index in [1.54, 1.807) is 23.3 Å². The Balaban J connectivity index is 1.59. The van der Waals surface area contributed by atoms with Gasteiger partial charge in [0.25, 0.3) is 0 Å². The van der Waals surface area contributed by atoms with Crippen LogP contribution in [0.2, 0.25) is 0 Å². The second-order valence-electron chi connectivity index (χ2n) is 8.41. The Morgan fingerprint density at radius 1 is 1.41 bits per heavy atom. The van der Waals surface area contributed by atoms with Crippen molar-refractivity contribution in [2.75, 3.05) is 33.9 Å². The third-order valence-electron chi connectivity index (χ3n) is 6.16. The number of nitrogens with zero attached hydrogens (tertiary/aromatic N) is 3. The van der Waals surface area contributed by atoms with Crippen molar-refractivity contribution in [1.29, 1.82) is 0 Å². The van der Waals surface area contributed by atoms with Crippen LogP contribution in [0.25, 0.3) is 10.4 Å². The fourth-order valence-corrected chi connectivity index (χ4v) is 4.80. The number of hydrogen-bond acceptors (Lipinski definition) is 8. The van der Waals surface area contributed by atoms with Crippen LogP contribution in [-0.4, -0.2) is 89.2 Å². The number of aliphatic hydroxyl groups excluding tert-OH is 2. The summed E-state index contributed by atoms with van der Waals surface area (Å²) in [6, 6.07) is 7.28. The van der Waals surface area contributed by atoms with Crippen LogP contribution in [0.15, 0.2) is 29.8 Å². The summed E-state index contributed by atoms with van der Waals surface area (Å²) in [5.41, 5.74) is 4.95. The van der Waals surface area contributed by atoms with Gasteiger partial charge in [-0.2, -0.15) is 0 Å². The predicted octanol–water partition coefficient (Wildman–Crippen LogP) is 1.46. The van der Waals surface area contributed by atoms with Crippen LogP contribution < -0.4 is 5.32 Å². The predicted molar refractivity (Wildman–Crippen MR) is 125 cm³/mol. The molecule has 2 heterocycles. The summed E-state index contributed by atoms with van der Waals surface area (Å²) in [6.45, 7) is 5.78. The number of aliphatic hydroxyl groups is 2. The molecule has 1 aromatic heterocycles.